The number of esters is 1. The summed E-state index contributed by atoms with van der Waals surface area (Å²) in [6.07, 6.45) is 2.97. The van der Waals surface area contributed by atoms with E-state index in [1.807, 2.05) is 0 Å². The van der Waals surface area contributed by atoms with Crippen molar-refractivity contribution >= 4 is 11.8 Å². The summed E-state index contributed by atoms with van der Waals surface area (Å²) in [7, 11) is 0. The van der Waals surface area contributed by atoms with Gasteiger partial charge in [0.15, 0.2) is 5.78 Å². The summed E-state index contributed by atoms with van der Waals surface area (Å²) >= 11 is 0. The number of rotatable bonds is 4. The van der Waals surface area contributed by atoms with Gasteiger partial charge in [-0.2, -0.15) is 0 Å². The van der Waals surface area contributed by atoms with Crippen LogP contribution in [0.3, 0.4) is 0 Å². The number of ketones is 1. The van der Waals surface area contributed by atoms with Gasteiger partial charge in [0.25, 0.3) is 0 Å². The average molecular weight is 184 g/mol. The highest BCUT2D eigenvalue weighted by atomic mass is 16.5. The first-order chi connectivity index (χ1) is 6.24. The van der Waals surface area contributed by atoms with Crippen molar-refractivity contribution in [3.05, 3.63) is 12.3 Å². The summed E-state index contributed by atoms with van der Waals surface area (Å²) < 4.78 is 9.51. The highest BCUT2D eigenvalue weighted by molar-refractivity contribution is 5.97. The Kier molecular flexibility index (Phi) is 3.49. The van der Waals surface area contributed by atoms with Crippen LogP contribution in [-0.4, -0.2) is 25.0 Å². The number of carbonyl (C=O) groups is 2. The Bertz CT molecular complexity index is 232. The fourth-order valence-corrected chi connectivity index (χ4v) is 1.05. The Labute approximate surface area is 76.5 Å². The zero-order valence-electron chi connectivity index (χ0n) is 7.49. The summed E-state index contributed by atoms with van der Waals surface area (Å²) in [6, 6.07) is 0. The Balaban J connectivity index is 2.32. The topological polar surface area (TPSA) is 52.6 Å². The Morgan fingerprint density at radius 2 is 2.38 bits per heavy atom. The molecule has 1 aliphatic rings. The van der Waals surface area contributed by atoms with E-state index in [9.17, 15) is 9.59 Å². The molecule has 1 heterocycles. The molecule has 0 saturated heterocycles. The van der Waals surface area contributed by atoms with Gasteiger partial charge < -0.3 is 9.47 Å². The molecular formula is C9H12O4. The lowest BCUT2D eigenvalue weighted by molar-refractivity contribution is -0.146. The molecule has 0 saturated carbocycles. The fraction of sp³-hybridized carbons (Fsp3) is 0.556. The molecule has 0 spiro atoms. The van der Waals surface area contributed by atoms with Crippen LogP contribution in [0, 0.1) is 5.92 Å². The van der Waals surface area contributed by atoms with E-state index in [0.717, 1.165) is 0 Å². The lowest BCUT2D eigenvalue weighted by Gasteiger charge is -2.04. The molecule has 0 N–H and O–H groups in total. The smallest absolute Gasteiger partial charge is 0.313 e. The molecule has 13 heavy (non-hydrogen) atoms. The molecule has 1 unspecified atom stereocenters. The zero-order chi connectivity index (χ0) is 9.68. The van der Waals surface area contributed by atoms with Crippen LogP contribution in [0.4, 0.5) is 0 Å². The van der Waals surface area contributed by atoms with Crippen LogP contribution < -0.4 is 0 Å². The maximum atomic E-state index is 11.3. The van der Waals surface area contributed by atoms with E-state index in [0.29, 0.717) is 13.2 Å². The number of hydrogen-bond acceptors (Lipinski definition) is 4. The van der Waals surface area contributed by atoms with E-state index in [-0.39, 0.29) is 18.1 Å². The second-order valence-corrected chi connectivity index (χ2v) is 2.72. The molecule has 4 heteroatoms. The summed E-state index contributed by atoms with van der Waals surface area (Å²) in [4.78, 5) is 22.2. The highest BCUT2D eigenvalue weighted by Crippen LogP contribution is 2.11. The van der Waals surface area contributed by atoms with Crippen molar-refractivity contribution in [2.45, 2.75) is 13.3 Å². The van der Waals surface area contributed by atoms with Crippen molar-refractivity contribution in [2.24, 2.45) is 5.92 Å². The van der Waals surface area contributed by atoms with Gasteiger partial charge in [-0.15, -0.1) is 0 Å². The molecule has 1 rings (SSSR count). The minimum Gasteiger partial charge on any atom is -0.500 e. The largest absolute Gasteiger partial charge is 0.500 e. The monoisotopic (exact) mass is 184 g/mol. The first kappa shape index (κ1) is 9.77. The third-order valence-corrected chi connectivity index (χ3v) is 1.72. The Morgan fingerprint density at radius 1 is 1.62 bits per heavy atom. The predicted molar refractivity (Wildman–Crippen MR) is 44.8 cm³/mol. The van der Waals surface area contributed by atoms with E-state index in [4.69, 9.17) is 4.74 Å². The van der Waals surface area contributed by atoms with Crippen molar-refractivity contribution < 1.29 is 19.1 Å². The lowest BCUT2D eigenvalue weighted by Crippen LogP contribution is -2.19. The molecule has 72 valence electrons. The molecular weight excluding hydrogens is 172 g/mol. The highest BCUT2D eigenvalue weighted by Gasteiger charge is 2.22. The van der Waals surface area contributed by atoms with Crippen LogP contribution in [0.1, 0.15) is 13.3 Å². The van der Waals surface area contributed by atoms with Gasteiger partial charge >= 0.3 is 5.97 Å². The molecule has 0 amide bonds. The normalized spacial score (nSPS) is 19.6. The molecule has 0 aromatic heterocycles. The third-order valence-electron chi connectivity index (χ3n) is 1.72. The Hall–Kier alpha value is -1.32. The van der Waals surface area contributed by atoms with Crippen LogP contribution in [0.2, 0.25) is 0 Å². The van der Waals surface area contributed by atoms with E-state index in [1.165, 1.54) is 6.26 Å². The van der Waals surface area contributed by atoms with Crippen molar-refractivity contribution in [3.63, 3.8) is 0 Å². The van der Waals surface area contributed by atoms with Crippen LogP contribution in [0.15, 0.2) is 12.3 Å². The number of ether oxygens (including phenoxy) is 2. The first-order valence-corrected chi connectivity index (χ1v) is 4.20. The molecule has 1 atom stereocenters. The molecule has 0 aromatic carbocycles. The van der Waals surface area contributed by atoms with Gasteiger partial charge in [-0.25, -0.2) is 0 Å². The van der Waals surface area contributed by atoms with Gasteiger partial charge in [-0.3, -0.25) is 9.59 Å². The molecule has 4 nitrogen and oxygen atoms in total. The van der Waals surface area contributed by atoms with Crippen LogP contribution in [-0.2, 0) is 19.1 Å². The summed E-state index contributed by atoms with van der Waals surface area (Å²) in [5.74, 6) is -0.885. The molecule has 0 bridgehead atoms. The lowest BCUT2D eigenvalue weighted by atomic mass is 10.0. The maximum absolute atomic E-state index is 11.3. The molecule has 0 aliphatic carbocycles. The van der Waals surface area contributed by atoms with Crippen LogP contribution in [0.5, 0.6) is 0 Å². The van der Waals surface area contributed by atoms with Crippen molar-refractivity contribution in [2.75, 3.05) is 13.2 Å². The van der Waals surface area contributed by atoms with Gasteiger partial charge in [0, 0.05) is 0 Å². The third kappa shape index (κ3) is 2.89. The van der Waals surface area contributed by atoms with E-state index < -0.39 is 5.97 Å². The summed E-state index contributed by atoms with van der Waals surface area (Å²) in [5, 5.41) is 0. The van der Waals surface area contributed by atoms with E-state index >= 15 is 0 Å². The molecule has 0 radical (unpaired) electrons. The minimum absolute atomic E-state index is 0.146. The maximum Gasteiger partial charge on any atom is 0.313 e. The van der Waals surface area contributed by atoms with Gasteiger partial charge in [-0.05, 0) is 13.0 Å². The molecule has 1 aliphatic heterocycles. The van der Waals surface area contributed by atoms with Crippen molar-refractivity contribution in [1.29, 1.82) is 0 Å². The quantitative estimate of drug-likeness (QED) is 0.476. The van der Waals surface area contributed by atoms with Crippen molar-refractivity contribution in [1.82, 2.24) is 0 Å². The first-order valence-electron chi connectivity index (χ1n) is 4.20. The van der Waals surface area contributed by atoms with Crippen LogP contribution >= 0.6 is 0 Å². The number of Topliss-reactive ketones (excluding diaryl/α,β-unsaturated/α-hetero) is 1. The van der Waals surface area contributed by atoms with E-state index in [1.54, 1.807) is 13.0 Å². The second-order valence-electron chi connectivity index (χ2n) is 2.72. The van der Waals surface area contributed by atoms with Gasteiger partial charge in [0.2, 0.25) is 0 Å². The Morgan fingerprint density at radius 3 is 2.92 bits per heavy atom. The number of hydrogen-bond donors (Lipinski definition) is 0. The van der Waals surface area contributed by atoms with Gasteiger partial charge in [0.05, 0.1) is 18.8 Å². The predicted octanol–water partition coefficient (Wildman–Crippen LogP) is 0.669. The average Bonchev–Trinajstić information content (AvgIpc) is 2.55. The zero-order valence-corrected chi connectivity index (χ0v) is 7.49. The van der Waals surface area contributed by atoms with E-state index in [2.05, 4.69) is 4.74 Å². The summed E-state index contributed by atoms with van der Waals surface area (Å²) in [5.41, 5.74) is 0. The van der Waals surface area contributed by atoms with Crippen LogP contribution in [0.25, 0.3) is 0 Å². The van der Waals surface area contributed by atoms with Crippen molar-refractivity contribution in [3.8, 4) is 0 Å². The van der Waals surface area contributed by atoms with Gasteiger partial charge in [-0.1, -0.05) is 0 Å². The number of carbonyl (C=O) groups excluding carboxylic acids is 2. The fourth-order valence-electron chi connectivity index (χ4n) is 1.05. The molecule has 0 fully saturated rings. The standard InChI is InChI=1S/C9H12O4/c1-2-13-9(11)5-8(10)7-3-4-12-6-7/h3-4,7H,2,5-6H2,1H3. The minimum atomic E-state index is -0.465. The van der Waals surface area contributed by atoms with Gasteiger partial charge in [0.1, 0.15) is 13.0 Å². The molecule has 0 aromatic rings. The second kappa shape index (κ2) is 4.64. The SMILES string of the molecule is CCOC(=O)CC(=O)C1C=COC1. The summed E-state index contributed by atoms with van der Waals surface area (Å²) in [6.45, 7) is 2.36.